The molecular formula is C14H20ClN3O. The van der Waals surface area contributed by atoms with Crippen LogP contribution in [0.25, 0.3) is 0 Å². The molecule has 0 aliphatic carbocycles. The summed E-state index contributed by atoms with van der Waals surface area (Å²) in [5, 5.41) is 3.36. The van der Waals surface area contributed by atoms with E-state index in [4.69, 9.17) is 11.6 Å². The molecule has 1 saturated heterocycles. The summed E-state index contributed by atoms with van der Waals surface area (Å²) in [7, 11) is 0. The second kappa shape index (κ2) is 6.35. The number of carbonyl (C=O) groups is 1. The lowest BCUT2D eigenvalue weighted by atomic mass is 10.1. The van der Waals surface area contributed by atoms with Crippen LogP contribution in [0.3, 0.4) is 0 Å². The minimum absolute atomic E-state index is 0.115. The molecule has 2 rings (SSSR count). The number of amides is 1. The zero-order valence-electron chi connectivity index (χ0n) is 11.4. The fourth-order valence-corrected chi connectivity index (χ4v) is 2.60. The van der Waals surface area contributed by atoms with Gasteiger partial charge in [-0.25, -0.2) is 0 Å². The van der Waals surface area contributed by atoms with Gasteiger partial charge >= 0.3 is 0 Å². The number of aromatic nitrogens is 1. The van der Waals surface area contributed by atoms with E-state index in [1.54, 1.807) is 12.3 Å². The van der Waals surface area contributed by atoms with Crippen molar-refractivity contribution >= 4 is 17.5 Å². The first-order valence-corrected chi connectivity index (χ1v) is 7.07. The maximum atomic E-state index is 12.0. The van der Waals surface area contributed by atoms with E-state index in [-0.39, 0.29) is 5.91 Å². The average Bonchev–Trinajstić information content (AvgIpc) is 2.85. The van der Waals surface area contributed by atoms with E-state index < -0.39 is 0 Å². The molecule has 0 radical (unpaired) electrons. The summed E-state index contributed by atoms with van der Waals surface area (Å²) in [6.07, 6.45) is 4.21. The molecule has 5 heteroatoms. The Labute approximate surface area is 119 Å². The Bertz CT molecular complexity index is 450. The second-order valence-corrected chi connectivity index (χ2v) is 5.72. The van der Waals surface area contributed by atoms with Crippen LogP contribution in [0.5, 0.6) is 0 Å². The SMILES string of the molecule is CC(C)N1CCC(CNC(=O)c2ccncc2Cl)C1. The van der Waals surface area contributed by atoms with Crippen molar-refractivity contribution in [1.29, 1.82) is 0 Å². The number of hydrogen-bond donors (Lipinski definition) is 1. The monoisotopic (exact) mass is 281 g/mol. The van der Waals surface area contributed by atoms with Gasteiger partial charge in [-0.15, -0.1) is 0 Å². The van der Waals surface area contributed by atoms with Crippen molar-refractivity contribution in [3.8, 4) is 0 Å². The van der Waals surface area contributed by atoms with Crippen LogP contribution in [0.4, 0.5) is 0 Å². The molecule has 1 N–H and O–H groups in total. The Hall–Kier alpha value is -1.13. The summed E-state index contributed by atoms with van der Waals surface area (Å²) in [4.78, 5) is 18.3. The predicted octanol–water partition coefficient (Wildman–Crippen LogP) is 2.20. The van der Waals surface area contributed by atoms with E-state index in [9.17, 15) is 4.79 Å². The Morgan fingerprint density at radius 2 is 2.42 bits per heavy atom. The van der Waals surface area contributed by atoms with E-state index in [2.05, 4.69) is 29.0 Å². The van der Waals surface area contributed by atoms with Crippen molar-refractivity contribution in [2.45, 2.75) is 26.3 Å². The van der Waals surface area contributed by atoms with Gasteiger partial charge in [-0.2, -0.15) is 0 Å². The quantitative estimate of drug-likeness (QED) is 0.920. The molecule has 1 aliphatic heterocycles. The lowest BCUT2D eigenvalue weighted by molar-refractivity contribution is 0.0947. The zero-order valence-corrected chi connectivity index (χ0v) is 12.2. The van der Waals surface area contributed by atoms with Gasteiger partial charge in [0.05, 0.1) is 10.6 Å². The largest absolute Gasteiger partial charge is 0.352 e. The van der Waals surface area contributed by atoms with Gasteiger partial charge in [0.15, 0.2) is 0 Å². The van der Waals surface area contributed by atoms with E-state index >= 15 is 0 Å². The molecule has 2 heterocycles. The Kier molecular flexibility index (Phi) is 4.77. The molecule has 1 aromatic heterocycles. The lowest BCUT2D eigenvalue weighted by Crippen LogP contribution is -2.33. The van der Waals surface area contributed by atoms with Crippen LogP contribution in [0.2, 0.25) is 5.02 Å². The molecular weight excluding hydrogens is 262 g/mol. The number of hydrogen-bond acceptors (Lipinski definition) is 3. The van der Waals surface area contributed by atoms with Gasteiger partial charge in [-0.1, -0.05) is 11.6 Å². The molecule has 0 bridgehead atoms. The van der Waals surface area contributed by atoms with Crippen molar-refractivity contribution in [2.24, 2.45) is 5.92 Å². The molecule has 0 saturated carbocycles. The fraction of sp³-hybridized carbons (Fsp3) is 0.571. The Balaban J connectivity index is 1.84. The summed E-state index contributed by atoms with van der Waals surface area (Å²) >= 11 is 5.95. The van der Waals surface area contributed by atoms with E-state index in [0.29, 0.717) is 29.1 Å². The Morgan fingerprint density at radius 1 is 1.63 bits per heavy atom. The van der Waals surface area contributed by atoms with Gasteiger partial charge in [0.25, 0.3) is 5.91 Å². The van der Waals surface area contributed by atoms with Gasteiger partial charge < -0.3 is 10.2 Å². The highest BCUT2D eigenvalue weighted by Crippen LogP contribution is 2.18. The fourth-order valence-electron chi connectivity index (χ4n) is 2.39. The third kappa shape index (κ3) is 3.67. The number of rotatable bonds is 4. The van der Waals surface area contributed by atoms with Gasteiger partial charge in [0.1, 0.15) is 0 Å². The molecule has 1 fully saturated rings. The highest BCUT2D eigenvalue weighted by atomic mass is 35.5. The minimum atomic E-state index is -0.115. The van der Waals surface area contributed by atoms with E-state index in [1.807, 2.05) is 0 Å². The van der Waals surface area contributed by atoms with Gasteiger partial charge in [0, 0.05) is 31.5 Å². The van der Waals surface area contributed by atoms with E-state index in [1.165, 1.54) is 6.20 Å². The van der Waals surface area contributed by atoms with Gasteiger partial charge in [-0.05, 0) is 38.8 Å². The van der Waals surface area contributed by atoms with Crippen molar-refractivity contribution in [1.82, 2.24) is 15.2 Å². The van der Waals surface area contributed by atoms with Gasteiger partial charge in [0.2, 0.25) is 0 Å². The predicted molar refractivity (Wildman–Crippen MR) is 76.4 cm³/mol. The van der Waals surface area contributed by atoms with Gasteiger partial charge in [-0.3, -0.25) is 9.78 Å². The summed E-state index contributed by atoms with van der Waals surface area (Å²) in [6.45, 7) is 7.30. The molecule has 1 aliphatic rings. The molecule has 0 aromatic carbocycles. The topological polar surface area (TPSA) is 45.2 Å². The smallest absolute Gasteiger partial charge is 0.252 e. The average molecular weight is 282 g/mol. The van der Waals surface area contributed by atoms with Crippen LogP contribution in [0.1, 0.15) is 30.6 Å². The van der Waals surface area contributed by atoms with Crippen LogP contribution in [0, 0.1) is 5.92 Å². The second-order valence-electron chi connectivity index (χ2n) is 5.31. The first kappa shape index (κ1) is 14.3. The van der Waals surface area contributed by atoms with Crippen molar-refractivity contribution in [3.63, 3.8) is 0 Å². The third-order valence-corrected chi connectivity index (χ3v) is 3.92. The van der Waals surface area contributed by atoms with Crippen LogP contribution >= 0.6 is 11.6 Å². The maximum absolute atomic E-state index is 12.0. The molecule has 1 atom stereocenters. The number of halogens is 1. The standard InChI is InChI=1S/C14H20ClN3O/c1-10(2)18-6-4-11(9-18)7-17-14(19)12-3-5-16-8-13(12)15/h3,5,8,10-11H,4,6-7,9H2,1-2H3,(H,17,19). The van der Waals surface area contributed by atoms with Crippen LogP contribution in [-0.4, -0.2) is 41.5 Å². The van der Waals surface area contributed by atoms with Crippen molar-refractivity contribution < 1.29 is 4.79 Å². The number of pyridine rings is 1. The molecule has 19 heavy (non-hydrogen) atoms. The summed E-state index contributed by atoms with van der Waals surface area (Å²) < 4.78 is 0. The first-order chi connectivity index (χ1) is 9.08. The number of likely N-dealkylation sites (tertiary alicyclic amines) is 1. The highest BCUT2D eigenvalue weighted by Gasteiger charge is 2.24. The maximum Gasteiger partial charge on any atom is 0.252 e. The summed E-state index contributed by atoms with van der Waals surface area (Å²) in [5.74, 6) is 0.419. The lowest BCUT2D eigenvalue weighted by Gasteiger charge is -2.20. The van der Waals surface area contributed by atoms with Crippen molar-refractivity contribution in [3.05, 3.63) is 29.0 Å². The molecule has 1 aromatic rings. The normalized spacial score (nSPS) is 19.9. The number of nitrogens with one attached hydrogen (secondary N) is 1. The van der Waals surface area contributed by atoms with Crippen LogP contribution in [0.15, 0.2) is 18.5 Å². The molecule has 1 unspecified atom stereocenters. The number of nitrogens with zero attached hydrogens (tertiary/aromatic N) is 2. The summed E-state index contributed by atoms with van der Waals surface area (Å²) in [5.41, 5.74) is 0.496. The minimum Gasteiger partial charge on any atom is -0.352 e. The molecule has 0 spiro atoms. The van der Waals surface area contributed by atoms with E-state index in [0.717, 1.165) is 19.5 Å². The molecule has 1 amide bonds. The molecule has 104 valence electrons. The third-order valence-electron chi connectivity index (χ3n) is 3.62. The Morgan fingerprint density at radius 3 is 3.05 bits per heavy atom. The van der Waals surface area contributed by atoms with Crippen molar-refractivity contribution in [2.75, 3.05) is 19.6 Å². The summed E-state index contributed by atoms with van der Waals surface area (Å²) in [6, 6.07) is 2.22. The number of carbonyl (C=O) groups excluding carboxylic acids is 1. The first-order valence-electron chi connectivity index (χ1n) is 6.69. The molecule has 4 nitrogen and oxygen atoms in total. The van der Waals surface area contributed by atoms with Crippen LogP contribution < -0.4 is 5.32 Å². The highest BCUT2D eigenvalue weighted by molar-refractivity contribution is 6.33. The zero-order chi connectivity index (χ0) is 13.8. The van der Waals surface area contributed by atoms with Crippen LogP contribution in [-0.2, 0) is 0 Å².